The molecule has 68 valence electrons. The SMILES string of the molecule is Cl.NCc1c(F)ccc(F)c1Cl. The van der Waals surface area contributed by atoms with Gasteiger partial charge in [-0.05, 0) is 12.1 Å². The smallest absolute Gasteiger partial charge is 0.142 e. The summed E-state index contributed by atoms with van der Waals surface area (Å²) >= 11 is 5.40. The Bertz CT molecular complexity index is 278. The zero-order valence-corrected chi connectivity index (χ0v) is 7.55. The lowest BCUT2D eigenvalue weighted by Gasteiger charge is -2.02. The molecule has 1 aromatic carbocycles. The zero-order valence-electron chi connectivity index (χ0n) is 5.98. The van der Waals surface area contributed by atoms with E-state index in [0.29, 0.717) is 0 Å². The Labute approximate surface area is 79.9 Å². The zero-order chi connectivity index (χ0) is 8.43. The number of benzene rings is 1. The standard InChI is InChI=1S/C7H6ClF2N.ClH/c8-7-4(3-11)5(9)1-2-6(7)10;/h1-2H,3,11H2;1H. The summed E-state index contributed by atoms with van der Waals surface area (Å²) in [4.78, 5) is 0. The van der Waals surface area contributed by atoms with Gasteiger partial charge in [-0.3, -0.25) is 0 Å². The summed E-state index contributed by atoms with van der Waals surface area (Å²) in [5.41, 5.74) is 5.15. The second-order valence-corrected chi connectivity index (χ2v) is 2.40. The Morgan fingerprint density at radius 3 is 2.17 bits per heavy atom. The highest BCUT2D eigenvalue weighted by Crippen LogP contribution is 2.21. The predicted octanol–water partition coefficient (Wildman–Crippen LogP) is 2.50. The first kappa shape index (κ1) is 11.6. The van der Waals surface area contributed by atoms with E-state index in [1.165, 1.54) is 0 Å². The fourth-order valence-electron chi connectivity index (χ4n) is 0.756. The van der Waals surface area contributed by atoms with Crippen LogP contribution in [0.2, 0.25) is 5.02 Å². The van der Waals surface area contributed by atoms with Crippen LogP contribution in [0.3, 0.4) is 0 Å². The van der Waals surface area contributed by atoms with Gasteiger partial charge in [0, 0.05) is 12.1 Å². The lowest BCUT2D eigenvalue weighted by molar-refractivity contribution is 0.586. The van der Waals surface area contributed by atoms with Gasteiger partial charge in [-0.25, -0.2) is 8.78 Å². The Morgan fingerprint density at radius 1 is 1.25 bits per heavy atom. The maximum atomic E-state index is 12.7. The van der Waals surface area contributed by atoms with E-state index in [-0.39, 0.29) is 29.5 Å². The number of halogens is 4. The molecule has 0 amide bonds. The molecule has 0 radical (unpaired) electrons. The minimum Gasteiger partial charge on any atom is -0.326 e. The minimum atomic E-state index is -0.645. The molecule has 0 spiro atoms. The van der Waals surface area contributed by atoms with Gasteiger partial charge in [0.15, 0.2) is 0 Å². The van der Waals surface area contributed by atoms with E-state index in [1.807, 2.05) is 0 Å². The van der Waals surface area contributed by atoms with Crippen molar-refractivity contribution in [2.24, 2.45) is 5.73 Å². The van der Waals surface area contributed by atoms with Crippen LogP contribution in [0.1, 0.15) is 5.56 Å². The molecular weight excluding hydrogens is 207 g/mol. The summed E-state index contributed by atoms with van der Waals surface area (Å²) < 4.78 is 25.3. The molecule has 0 aliphatic carbocycles. The van der Waals surface area contributed by atoms with Crippen molar-refractivity contribution in [3.8, 4) is 0 Å². The van der Waals surface area contributed by atoms with Crippen LogP contribution in [-0.2, 0) is 6.54 Å². The molecule has 0 saturated carbocycles. The van der Waals surface area contributed by atoms with Gasteiger partial charge in [0.2, 0.25) is 0 Å². The summed E-state index contributed by atoms with van der Waals surface area (Å²) in [6.07, 6.45) is 0. The summed E-state index contributed by atoms with van der Waals surface area (Å²) in [6.45, 7) is -0.0948. The Balaban J connectivity index is 0.00000121. The lowest BCUT2D eigenvalue weighted by atomic mass is 10.2. The fraction of sp³-hybridized carbons (Fsp3) is 0.143. The molecule has 0 aromatic heterocycles. The molecule has 1 aromatic rings. The number of nitrogens with two attached hydrogens (primary N) is 1. The summed E-state index contributed by atoms with van der Waals surface area (Å²) in [6, 6.07) is 1.97. The number of hydrogen-bond acceptors (Lipinski definition) is 1. The Hall–Kier alpha value is -0.380. The van der Waals surface area contributed by atoms with E-state index < -0.39 is 11.6 Å². The summed E-state index contributed by atoms with van der Waals surface area (Å²) in [7, 11) is 0. The molecule has 0 aliphatic heterocycles. The second kappa shape index (κ2) is 4.60. The van der Waals surface area contributed by atoms with Gasteiger partial charge < -0.3 is 5.73 Å². The number of hydrogen-bond donors (Lipinski definition) is 1. The monoisotopic (exact) mass is 213 g/mol. The van der Waals surface area contributed by atoms with Gasteiger partial charge in [0.05, 0.1) is 5.02 Å². The minimum absolute atomic E-state index is 0. The molecule has 0 saturated heterocycles. The maximum absolute atomic E-state index is 12.7. The lowest BCUT2D eigenvalue weighted by Crippen LogP contribution is -2.01. The van der Waals surface area contributed by atoms with Gasteiger partial charge in [0.25, 0.3) is 0 Å². The van der Waals surface area contributed by atoms with Crippen LogP contribution in [-0.4, -0.2) is 0 Å². The molecule has 2 N–H and O–H groups in total. The number of rotatable bonds is 1. The van der Waals surface area contributed by atoms with Gasteiger partial charge in [-0.1, -0.05) is 11.6 Å². The Kier molecular flexibility index (Phi) is 4.45. The molecule has 12 heavy (non-hydrogen) atoms. The van der Waals surface area contributed by atoms with Gasteiger partial charge in [-0.15, -0.1) is 12.4 Å². The van der Waals surface area contributed by atoms with E-state index in [0.717, 1.165) is 12.1 Å². The molecule has 0 heterocycles. The van der Waals surface area contributed by atoms with Crippen LogP contribution < -0.4 is 5.73 Å². The van der Waals surface area contributed by atoms with Crippen molar-refractivity contribution in [2.45, 2.75) is 6.54 Å². The highest BCUT2D eigenvalue weighted by atomic mass is 35.5. The average molecular weight is 214 g/mol. The van der Waals surface area contributed by atoms with E-state index >= 15 is 0 Å². The first-order valence-electron chi connectivity index (χ1n) is 2.99. The van der Waals surface area contributed by atoms with E-state index in [9.17, 15) is 8.78 Å². The third-order valence-electron chi connectivity index (χ3n) is 1.34. The van der Waals surface area contributed by atoms with Crippen LogP contribution in [0.15, 0.2) is 12.1 Å². The average Bonchev–Trinajstić information content (AvgIpc) is 1.99. The van der Waals surface area contributed by atoms with Crippen molar-refractivity contribution in [2.75, 3.05) is 0 Å². The van der Waals surface area contributed by atoms with E-state index in [4.69, 9.17) is 17.3 Å². The molecular formula is C7H7Cl2F2N. The van der Waals surface area contributed by atoms with Crippen molar-refractivity contribution in [1.82, 2.24) is 0 Å². The third kappa shape index (κ3) is 2.06. The molecule has 5 heteroatoms. The largest absolute Gasteiger partial charge is 0.326 e. The van der Waals surface area contributed by atoms with Crippen molar-refractivity contribution in [3.63, 3.8) is 0 Å². The molecule has 1 rings (SSSR count). The normalized spacial score (nSPS) is 9.33. The van der Waals surface area contributed by atoms with Crippen molar-refractivity contribution in [1.29, 1.82) is 0 Å². The highest BCUT2D eigenvalue weighted by Gasteiger charge is 2.09. The van der Waals surface area contributed by atoms with Crippen LogP contribution in [0.25, 0.3) is 0 Å². The fourth-order valence-corrected chi connectivity index (χ4v) is 0.987. The van der Waals surface area contributed by atoms with Gasteiger partial charge in [-0.2, -0.15) is 0 Å². The molecule has 0 unspecified atom stereocenters. The van der Waals surface area contributed by atoms with Gasteiger partial charge >= 0.3 is 0 Å². The molecule has 0 fully saturated rings. The molecule has 0 bridgehead atoms. The first-order chi connectivity index (χ1) is 5.16. The van der Waals surface area contributed by atoms with Crippen molar-refractivity contribution >= 4 is 24.0 Å². The molecule has 0 atom stereocenters. The Morgan fingerprint density at radius 2 is 1.75 bits per heavy atom. The van der Waals surface area contributed by atoms with Crippen molar-refractivity contribution in [3.05, 3.63) is 34.4 Å². The van der Waals surface area contributed by atoms with Gasteiger partial charge in [0.1, 0.15) is 11.6 Å². The van der Waals surface area contributed by atoms with Crippen LogP contribution >= 0.6 is 24.0 Å². The first-order valence-corrected chi connectivity index (χ1v) is 3.37. The van der Waals surface area contributed by atoms with Crippen LogP contribution in [0.4, 0.5) is 8.78 Å². The second-order valence-electron chi connectivity index (χ2n) is 2.03. The van der Waals surface area contributed by atoms with Crippen LogP contribution in [0.5, 0.6) is 0 Å². The summed E-state index contributed by atoms with van der Waals surface area (Å²) in [5, 5.41) is -0.229. The quantitative estimate of drug-likeness (QED) is 0.714. The summed E-state index contributed by atoms with van der Waals surface area (Å²) in [5.74, 6) is -1.22. The third-order valence-corrected chi connectivity index (χ3v) is 1.75. The molecule has 0 aliphatic rings. The maximum Gasteiger partial charge on any atom is 0.142 e. The molecule has 1 nitrogen and oxygen atoms in total. The van der Waals surface area contributed by atoms with E-state index in [1.54, 1.807) is 0 Å². The topological polar surface area (TPSA) is 26.0 Å². The van der Waals surface area contributed by atoms with Crippen molar-refractivity contribution < 1.29 is 8.78 Å². The van der Waals surface area contributed by atoms with Crippen LogP contribution in [0, 0.1) is 11.6 Å². The highest BCUT2D eigenvalue weighted by molar-refractivity contribution is 6.31. The van der Waals surface area contributed by atoms with E-state index in [2.05, 4.69) is 0 Å². The predicted molar refractivity (Wildman–Crippen MR) is 46.5 cm³/mol.